The Labute approximate surface area is 177 Å². The van der Waals surface area contributed by atoms with E-state index in [0.717, 1.165) is 27.7 Å². The summed E-state index contributed by atoms with van der Waals surface area (Å²) < 4.78 is 5.28. The predicted molar refractivity (Wildman–Crippen MR) is 112 cm³/mol. The number of imide groups is 1. The van der Waals surface area contributed by atoms with Gasteiger partial charge in [0.05, 0.1) is 7.11 Å². The summed E-state index contributed by atoms with van der Waals surface area (Å²) in [4.78, 5) is 32.7. The summed E-state index contributed by atoms with van der Waals surface area (Å²) in [7, 11) is 1.48. The Morgan fingerprint density at radius 2 is 2.03 bits per heavy atom. The number of fused-ring (bicyclic) bond motifs is 4. The molecule has 5 rings (SSSR count). The minimum absolute atomic E-state index is 0.0121. The number of nitrogens with zero attached hydrogens (tertiary/aromatic N) is 2. The third-order valence-electron chi connectivity index (χ3n) is 5.96. The molecule has 8 heteroatoms. The van der Waals surface area contributed by atoms with Crippen LogP contribution >= 0.6 is 11.6 Å². The quantitative estimate of drug-likeness (QED) is 0.495. The van der Waals surface area contributed by atoms with Crippen LogP contribution in [0.4, 0.5) is 4.79 Å². The van der Waals surface area contributed by atoms with Crippen molar-refractivity contribution in [3.8, 4) is 11.5 Å². The van der Waals surface area contributed by atoms with Crippen LogP contribution in [0.1, 0.15) is 22.9 Å². The highest BCUT2D eigenvalue weighted by Gasteiger charge is 2.52. The van der Waals surface area contributed by atoms with Gasteiger partial charge in [-0.05, 0) is 29.3 Å². The lowest BCUT2D eigenvalue weighted by atomic mass is 9.88. The Morgan fingerprint density at radius 3 is 2.80 bits per heavy atom. The molecule has 1 fully saturated rings. The highest BCUT2D eigenvalue weighted by atomic mass is 35.5. The zero-order chi connectivity index (χ0) is 21.0. The third kappa shape index (κ3) is 2.58. The maximum Gasteiger partial charge on any atom is 0.328 e. The van der Waals surface area contributed by atoms with Gasteiger partial charge in [0.1, 0.15) is 12.1 Å². The number of carbonyl (C=O) groups excluding carboxylic acids is 2. The molecule has 2 atom stereocenters. The number of ether oxygens (including phenoxy) is 1. The van der Waals surface area contributed by atoms with Gasteiger partial charge in [-0.25, -0.2) is 4.79 Å². The second kappa shape index (κ2) is 6.95. The number of halogens is 1. The van der Waals surface area contributed by atoms with Gasteiger partial charge < -0.3 is 14.8 Å². The van der Waals surface area contributed by atoms with Crippen molar-refractivity contribution in [3.05, 3.63) is 59.3 Å². The number of H-pyrrole nitrogens is 1. The van der Waals surface area contributed by atoms with Crippen LogP contribution in [-0.2, 0) is 11.2 Å². The standard InChI is InChI=1S/C22H20ClN3O4/c1-30-18-10-12(6-7-17(18)27)20-19-14(13-4-2-3-5-15(13)24-19)11-16-21(28)25(9-8-23)22(29)26(16)20/h2-7,10,16,20,24,27H,8-9,11H2,1H3/t16-,20-/m1/s1. The number of hydrogen-bond donors (Lipinski definition) is 2. The predicted octanol–water partition coefficient (Wildman–Crippen LogP) is 3.40. The average molecular weight is 426 g/mol. The first-order chi connectivity index (χ1) is 14.5. The lowest BCUT2D eigenvalue weighted by molar-refractivity contribution is -0.128. The number of aromatic amines is 1. The molecule has 154 valence electrons. The van der Waals surface area contributed by atoms with Crippen LogP contribution in [0.2, 0.25) is 0 Å². The number of phenolic OH excluding ortho intramolecular Hbond substituents is 1. The maximum atomic E-state index is 13.2. The van der Waals surface area contributed by atoms with E-state index in [1.165, 1.54) is 12.0 Å². The van der Waals surface area contributed by atoms with Crippen LogP contribution in [0.3, 0.4) is 0 Å². The number of hydrogen-bond acceptors (Lipinski definition) is 4. The van der Waals surface area contributed by atoms with Gasteiger partial charge in [-0.15, -0.1) is 11.6 Å². The van der Waals surface area contributed by atoms with Crippen molar-refractivity contribution in [2.45, 2.75) is 18.5 Å². The van der Waals surface area contributed by atoms with E-state index in [-0.39, 0.29) is 30.1 Å². The van der Waals surface area contributed by atoms with E-state index in [0.29, 0.717) is 12.2 Å². The molecule has 3 heterocycles. The van der Waals surface area contributed by atoms with Crippen molar-refractivity contribution in [2.24, 2.45) is 0 Å². The highest BCUT2D eigenvalue weighted by molar-refractivity contribution is 6.18. The number of carbonyl (C=O) groups is 2. The molecule has 0 radical (unpaired) electrons. The van der Waals surface area contributed by atoms with E-state index in [1.54, 1.807) is 23.1 Å². The monoisotopic (exact) mass is 425 g/mol. The molecule has 30 heavy (non-hydrogen) atoms. The Balaban J connectivity index is 1.73. The van der Waals surface area contributed by atoms with E-state index in [2.05, 4.69) is 4.98 Å². The number of phenols is 1. The van der Waals surface area contributed by atoms with E-state index in [4.69, 9.17) is 16.3 Å². The number of amides is 3. The molecule has 2 aromatic carbocycles. The Hall–Kier alpha value is -3.19. The van der Waals surface area contributed by atoms with Gasteiger partial charge in [-0.3, -0.25) is 14.6 Å². The number of alkyl halides is 1. The van der Waals surface area contributed by atoms with Crippen LogP contribution in [0.25, 0.3) is 10.9 Å². The topological polar surface area (TPSA) is 85.9 Å². The molecule has 0 bridgehead atoms. The minimum Gasteiger partial charge on any atom is -0.504 e. The first kappa shape index (κ1) is 18.8. The van der Waals surface area contributed by atoms with Crippen molar-refractivity contribution in [2.75, 3.05) is 19.5 Å². The zero-order valence-electron chi connectivity index (χ0n) is 16.3. The number of urea groups is 1. The highest BCUT2D eigenvalue weighted by Crippen LogP contribution is 2.45. The van der Waals surface area contributed by atoms with Crippen molar-refractivity contribution in [3.63, 3.8) is 0 Å². The summed E-state index contributed by atoms with van der Waals surface area (Å²) in [5, 5.41) is 11.1. The SMILES string of the molecule is COc1cc([C@@H]2c3[nH]c4ccccc4c3C[C@@H]3C(=O)N(CCCl)C(=O)N23)ccc1O. The summed E-state index contributed by atoms with van der Waals surface area (Å²) in [5.41, 5.74) is 3.60. The minimum atomic E-state index is -0.600. The number of aromatic nitrogens is 1. The largest absolute Gasteiger partial charge is 0.504 e. The maximum absolute atomic E-state index is 13.2. The number of rotatable bonds is 4. The van der Waals surface area contributed by atoms with E-state index < -0.39 is 12.1 Å². The zero-order valence-corrected chi connectivity index (χ0v) is 17.0. The lowest BCUT2D eigenvalue weighted by Gasteiger charge is -2.36. The van der Waals surface area contributed by atoms with E-state index >= 15 is 0 Å². The molecule has 2 aliphatic rings. The summed E-state index contributed by atoms with van der Waals surface area (Å²) in [6, 6.07) is 11.4. The van der Waals surface area contributed by atoms with E-state index in [1.807, 2.05) is 24.3 Å². The summed E-state index contributed by atoms with van der Waals surface area (Å²) in [6.45, 7) is 0.173. The Kier molecular flexibility index (Phi) is 4.36. The number of aromatic hydroxyl groups is 1. The average Bonchev–Trinajstić information content (AvgIpc) is 3.24. The molecule has 0 saturated carbocycles. The molecule has 3 amide bonds. The number of methoxy groups -OCH3 is 1. The van der Waals surface area contributed by atoms with Gasteiger partial charge in [0, 0.05) is 35.4 Å². The number of para-hydroxylation sites is 1. The molecule has 7 nitrogen and oxygen atoms in total. The Morgan fingerprint density at radius 1 is 1.23 bits per heavy atom. The number of nitrogens with one attached hydrogen (secondary N) is 1. The van der Waals surface area contributed by atoms with Crippen molar-refractivity contribution in [1.29, 1.82) is 0 Å². The molecule has 1 saturated heterocycles. The first-order valence-electron chi connectivity index (χ1n) is 9.71. The van der Waals surface area contributed by atoms with Crippen LogP contribution in [0.5, 0.6) is 11.5 Å². The smallest absolute Gasteiger partial charge is 0.328 e. The molecule has 0 unspecified atom stereocenters. The first-order valence-corrected chi connectivity index (χ1v) is 10.2. The molecule has 3 aromatic rings. The lowest BCUT2D eigenvalue weighted by Crippen LogP contribution is -2.44. The van der Waals surface area contributed by atoms with Gasteiger partial charge in [-0.1, -0.05) is 24.3 Å². The third-order valence-corrected chi connectivity index (χ3v) is 6.13. The van der Waals surface area contributed by atoms with Crippen molar-refractivity contribution < 1.29 is 19.4 Å². The summed E-state index contributed by atoms with van der Waals surface area (Å²) in [5.74, 6) is 0.275. The molecule has 2 aliphatic heterocycles. The number of benzene rings is 2. The second-order valence-electron chi connectivity index (χ2n) is 7.49. The Bertz CT molecular complexity index is 1170. The van der Waals surface area contributed by atoms with Gasteiger partial charge in [-0.2, -0.15) is 0 Å². The van der Waals surface area contributed by atoms with Crippen LogP contribution in [-0.4, -0.2) is 57.4 Å². The van der Waals surface area contributed by atoms with Gasteiger partial charge in [0.25, 0.3) is 5.91 Å². The van der Waals surface area contributed by atoms with Gasteiger partial charge in [0.2, 0.25) is 0 Å². The molecule has 0 spiro atoms. The second-order valence-corrected chi connectivity index (χ2v) is 7.86. The fourth-order valence-corrected chi connectivity index (χ4v) is 4.80. The normalized spacial score (nSPS) is 20.6. The van der Waals surface area contributed by atoms with Gasteiger partial charge in [0.15, 0.2) is 11.5 Å². The summed E-state index contributed by atoms with van der Waals surface area (Å²) in [6.07, 6.45) is 0.439. The fraction of sp³-hybridized carbons (Fsp3) is 0.273. The van der Waals surface area contributed by atoms with Crippen molar-refractivity contribution in [1.82, 2.24) is 14.8 Å². The van der Waals surface area contributed by atoms with Crippen LogP contribution < -0.4 is 4.74 Å². The van der Waals surface area contributed by atoms with Gasteiger partial charge >= 0.3 is 6.03 Å². The molecule has 2 N–H and O–H groups in total. The molecule has 0 aliphatic carbocycles. The van der Waals surface area contributed by atoms with Crippen molar-refractivity contribution >= 4 is 34.4 Å². The summed E-state index contributed by atoms with van der Waals surface area (Å²) >= 11 is 5.85. The van der Waals surface area contributed by atoms with E-state index in [9.17, 15) is 14.7 Å². The van der Waals surface area contributed by atoms with Crippen LogP contribution in [0, 0.1) is 0 Å². The molecule has 1 aromatic heterocycles. The molecular weight excluding hydrogens is 406 g/mol. The van der Waals surface area contributed by atoms with Crippen LogP contribution in [0.15, 0.2) is 42.5 Å². The molecular formula is C22H20ClN3O4. The fourth-order valence-electron chi connectivity index (χ4n) is 4.63.